The number of benzene rings is 1. The number of aryl methyl sites for hydroxylation is 2. The van der Waals surface area contributed by atoms with Gasteiger partial charge in [0, 0.05) is 31.4 Å². The molecule has 0 spiro atoms. The van der Waals surface area contributed by atoms with Gasteiger partial charge in [0.2, 0.25) is 0 Å². The fraction of sp³-hybridized carbons (Fsp3) is 0.593. The van der Waals surface area contributed by atoms with Gasteiger partial charge in [-0.15, -0.1) is 0 Å². The van der Waals surface area contributed by atoms with E-state index in [0.29, 0.717) is 25.7 Å². The van der Waals surface area contributed by atoms with Crippen LogP contribution in [-0.2, 0) is 24.0 Å². The van der Waals surface area contributed by atoms with Crippen LogP contribution in [0.1, 0.15) is 87.0 Å². The summed E-state index contributed by atoms with van der Waals surface area (Å²) in [5, 5.41) is 7.65. The second kappa shape index (κ2) is 11.5. The first kappa shape index (κ1) is 25.8. The maximum Gasteiger partial charge on any atom is 0.410 e. The van der Waals surface area contributed by atoms with E-state index in [1.807, 2.05) is 43.8 Å². The summed E-state index contributed by atoms with van der Waals surface area (Å²) in [5.41, 5.74) is 3.90. The van der Waals surface area contributed by atoms with Crippen molar-refractivity contribution in [1.29, 1.82) is 0 Å². The maximum atomic E-state index is 12.7. The molecular formula is C27H40N4O3. The third kappa shape index (κ3) is 6.84. The van der Waals surface area contributed by atoms with E-state index in [9.17, 15) is 9.59 Å². The van der Waals surface area contributed by atoms with Crippen molar-refractivity contribution in [2.75, 3.05) is 19.6 Å². The van der Waals surface area contributed by atoms with Crippen molar-refractivity contribution in [1.82, 2.24) is 20.0 Å². The number of carbonyl (C=O) groups is 2. The largest absolute Gasteiger partial charge is 0.444 e. The van der Waals surface area contributed by atoms with E-state index >= 15 is 0 Å². The molecule has 7 nitrogen and oxygen atoms in total. The molecule has 1 aliphatic rings. The van der Waals surface area contributed by atoms with Gasteiger partial charge in [-0.25, -0.2) is 4.79 Å². The number of piperidine rings is 1. The molecule has 0 saturated carbocycles. The Labute approximate surface area is 203 Å². The molecule has 34 heavy (non-hydrogen) atoms. The maximum absolute atomic E-state index is 12.7. The van der Waals surface area contributed by atoms with E-state index in [1.165, 1.54) is 11.1 Å². The van der Waals surface area contributed by atoms with E-state index < -0.39 is 5.60 Å². The van der Waals surface area contributed by atoms with E-state index in [-0.39, 0.29) is 12.0 Å². The van der Waals surface area contributed by atoms with Crippen molar-refractivity contribution in [3.8, 4) is 0 Å². The number of aromatic nitrogens is 2. The van der Waals surface area contributed by atoms with Crippen LogP contribution in [0.2, 0.25) is 0 Å². The molecule has 186 valence electrons. The minimum Gasteiger partial charge on any atom is -0.444 e. The first-order valence-corrected chi connectivity index (χ1v) is 12.6. The molecule has 2 aromatic rings. The second-order valence-electron chi connectivity index (χ2n) is 10.0. The molecular weight excluding hydrogens is 428 g/mol. The Kier molecular flexibility index (Phi) is 8.75. The molecule has 1 fully saturated rings. The van der Waals surface area contributed by atoms with Gasteiger partial charge in [0.15, 0.2) is 0 Å². The lowest BCUT2D eigenvalue weighted by molar-refractivity contribution is 0.0184. The summed E-state index contributed by atoms with van der Waals surface area (Å²) in [6, 6.07) is 6.30. The Hall–Kier alpha value is -2.83. The predicted molar refractivity (Wildman–Crippen MR) is 134 cm³/mol. The fourth-order valence-electron chi connectivity index (χ4n) is 4.53. The summed E-state index contributed by atoms with van der Waals surface area (Å²) in [6.07, 6.45) is 9.06. The van der Waals surface area contributed by atoms with Crippen molar-refractivity contribution in [3.63, 3.8) is 0 Å². The normalized spacial score (nSPS) is 14.8. The molecule has 1 aliphatic heterocycles. The van der Waals surface area contributed by atoms with Gasteiger partial charge in [-0.2, -0.15) is 5.10 Å². The minimum absolute atomic E-state index is 0.0135. The Balaban J connectivity index is 1.43. The Morgan fingerprint density at radius 1 is 1.15 bits per heavy atom. The molecule has 0 aliphatic carbocycles. The minimum atomic E-state index is -0.470. The molecule has 0 radical (unpaired) electrons. The van der Waals surface area contributed by atoms with Gasteiger partial charge in [-0.05, 0) is 82.1 Å². The number of nitrogens with one attached hydrogen (secondary N) is 1. The molecule has 0 bridgehead atoms. The van der Waals surface area contributed by atoms with Gasteiger partial charge in [0.1, 0.15) is 5.60 Å². The SMILES string of the molecule is CCc1cccc(C(=O)NCCCc2cnn(C3CCN(C(=O)OC(C)(C)C)CC3)c2)c1CC. The zero-order chi connectivity index (χ0) is 24.7. The topological polar surface area (TPSA) is 76.5 Å². The molecule has 2 amide bonds. The standard InChI is InChI=1S/C27H40N4O3/c1-6-21-11-8-12-24(23(21)7-2)25(32)28-15-9-10-20-18-29-31(19-20)22-13-16-30(17-14-22)26(33)34-27(3,4)5/h8,11-12,18-19,22H,6-7,9-10,13-17H2,1-5H3,(H,28,32). The van der Waals surface area contributed by atoms with Crippen LogP contribution in [0.4, 0.5) is 4.79 Å². The molecule has 0 atom stereocenters. The summed E-state index contributed by atoms with van der Waals surface area (Å²) in [7, 11) is 0. The highest BCUT2D eigenvalue weighted by Crippen LogP contribution is 2.24. The lowest BCUT2D eigenvalue weighted by Crippen LogP contribution is -2.42. The van der Waals surface area contributed by atoms with Crippen molar-refractivity contribution >= 4 is 12.0 Å². The second-order valence-corrected chi connectivity index (χ2v) is 10.0. The number of hydrogen-bond acceptors (Lipinski definition) is 4. The van der Waals surface area contributed by atoms with E-state index in [0.717, 1.165) is 49.7 Å². The third-order valence-corrected chi connectivity index (χ3v) is 6.33. The number of amides is 2. The van der Waals surface area contributed by atoms with Gasteiger partial charge in [0.05, 0.1) is 12.2 Å². The van der Waals surface area contributed by atoms with Crippen molar-refractivity contribution in [2.24, 2.45) is 0 Å². The number of nitrogens with zero attached hydrogens (tertiary/aromatic N) is 3. The lowest BCUT2D eigenvalue weighted by atomic mass is 9.96. The molecule has 7 heteroatoms. The fourth-order valence-corrected chi connectivity index (χ4v) is 4.53. The van der Waals surface area contributed by atoms with E-state index in [2.05, 4.69) is 36.5 Å². The summed E-state index contributed by atoms with van der Waals surface area (Å²) >= 11 is 0. The summed E-state index contributed by atoms with van der Waals surface area (Å²) in [4.78, 5) is 26.8. The predicted octanol–water partition coefficient (Wildman–Crippen LogP) is 4.94. The molecule has 1 N–H and O–H groups in total. The molecule has 1 saturated heterocycles. The van der Waals surface area contributed by atoms with Gasteiger partial charge < -0.3 is 15.0 Å². The van der Waals surface area contributed by atoms with Gasteiger partial charge >= 0.3 is 6.09 Å². The molecule has 3 rings (SSSR count). The summed E-state index contributed by atoms with van der Waals surface area (Å²) in [6.45, 7) is 11.9. The van der Waals surface area contributed by atoms with E-state index in [4.69, 9.17) is 4.74 Å². The Morgan fingerprint density at radius 3 is 2.53 bits per heavy atom. The molecule has 2 heterocycles. The van der Waals surface area contributed by atoms with Gasteiger partial charge in [-0.3, -0.25) is 9.48 Å². The molecule has 0 unspecified atom stereocenters. The number of carbonyl (C=O) groups excluding carboxylic acids is 2. The van der Waals surface area contributed by atoms with Crippen LogP contribution in [0.3, 0.4) is 0 Å². The lowest BCUT2D eigenvalue weighted by Gasteiger charge is -2.33. The quantitative estimate of drug-likeness (QED) is 0.557. The monoisotopic (exact) mass is 468 g/mol. The van der Waals surface area contributed by atoms with Crippen LogP contribution in [0.15, 0.2) is 30.6 Å². The third-order valence-electron chi connectivity index (χ3n) is 6.33. The van der Waals surface area contributed by atoms with Gasteiger partial charge in [-0.1, -0.05) is 26.0 Å². The highest BCUT2D eigenvalue weighted by atomic mass is 16.6. The molecule has 1 aromatic carbocycles. The van der Waals surface area contributed by atoms with E-state index in [1.54, 1.807) is 4.90 Å². The van der Waals surface area contributed by atoms with Crippen LogP contribution in [0.25, 0.3) is 0 Å². The molecule has 1 aromatic heterocycles. The average Bonchev–Trinajstić information content (AvgIpc) is 3.29. The highest BCUT2D eigenvalue weighted by Gasteiger charge is 2.27. The van der Waals surface area contributed by atoms with Crippen molar-refractivity contribution in [3.05, 3.63) is 52.8 Å². The smallest absolute Gasteiger partial charge is 0.410 e. The van der Waals surface area contributed by atoms with Crippen molar-refractivity contribution < 1.29 is 14.3 Å². The zero-order valence-corrected chi connectivity index (χ0v) is 21.4. The van der Waals surface area contributed by atoms with Crippen LogP contribution >= 0.6 is 0 Å². The first-order chi connectivity index (χ1) is 16.2. The van der Waals surface area contributed by atoms with Crippen molar-refractivity contribution in [2.45, 2.75) is 84.8 Å². The summed E-state index contributed by atoms with van der Waals surface area (Å²) < 4.78 is 7.51. The van der Waals surface area contributed by atoms with Crippen LogP contribution in [0.5, 0.6) is 0 Å². The average molecular weight is 469 g/mol. The highest BCUT2D eigenvalue weighted by molar-refractivity contribution is 5.96. The van der Waals surface area contributed by atoms with Crippen LogP contribution in [0, 0.1) is 0 Å². The van der Waals surface area contributed by atoms with Crippen LogP contribution < -0.4 is 5.32 Å². The first-order valence-electron chi connectivity index (χ1n) is 12.6. The zero-order valence-electron chi connectivity index (χ0n) is 21.4. The number of hydrogen-bond donors (Lipinski definition) is 1. The van der Waals surface area contributed by atoms with Gasteiger partial charge in [0.25, 0.3) is 5.91 Å². The number of ether oxygens (including phenoxy) is 1. The Bertz CT molecular complexity index is 968. The van der Waals surface area contributed by atoms with Crippen LogP contribution in [-0.4, -0.2) is 51.9 Å². The number of rotatable bonds is 8. The Morgan fingerprint density at radius 2 is 1.88 bits per heavy atom. The number of likely N-dealkylation sites (tertiary alicyclic amines) is 1. The summed E-state index contributed by atoms with van der Waals surface area (Å²) in [5.74, 6) is 0.0135.